The van der Waals surface area contributed by atoms with Gasteiger partial charge < -0.3 is 19.8 Å². The number of ether oxygens (including phenoxy) is 1. The fraction of sp³-hybridized carbons (Fsp3) is 0.583. The Morgan fingerprint density at radius 1 is 1.13 bits per heavy atom. The number of nitrogens with zero attached hydrogens (tertiary/aromatic N) is 1. The van der Waals surface area contributed by atoms with Crippen LogP contribution in [0.4, 0.5) is 0 Å². The number of H-pyrrole nitrogens is 1. The molecule has 2 N–H and O–H groups in total. The monoisotopic (exact) mass is 657 g/mol. The SMILES string of the molecule is CC.CCC(C)C=O.CCCC=S.COc1ccc2c(=O)cc(-c3nc(C(C)C)cs3)[nH]c2c1.O=C(NC1CC1)C1CCCC1. The zero-order chi connectivity index (χ0) is 33.8. The summed E-state index contributed by atoms with van der Waals surface area (Å²) in [7, 11) is 1.61. The Labute approximate surface area is 280 Å². The molecule has 0 saturated heterocycles. The highest BCUT2D eigenvalue weighted by Gasteiger charge is 2.28. The van der Waals surface area contributed by atoms with Crippen LogP contribution in [0.15, 0.2) is 34.4 Å². The average molecular weight is 658 g/mol. The van der Waals surface area contributed by atoms with Gasteiger partial charge in [0, 0.05) is 40.8 Å². The Bertz CT molecular complexity index is 1340. The fourth-order valence-electron chi connectivity index (χ4n) is 4.10. The van der Waals surface area contributed by atoms with Gasteiger partial charge in [-0.2, -0.15) is 0 Å². The van der Waals surface area contributed by atoms with E-state index in [9.17, 15) is 14.4 Å². The number of pyridine rings is 1. The fourth-order valence-corrected chi connectivity index (χ4v) is 5.29. The van der Waals surface area contributed by atoms with Crippen LogP contribution in [0.5, 0.6) is 5.75 Å². The molecular formula is C36H55N3O4S2. The third-order valence-corrected chi connectivity index (χ3v) is 8.44. The van der Waals surface area contributed by atoms with E-state index in [2.05, 4.69) is 48.3 Å². The number of unbranched alkanes of at least 4 members (excludes halogenated alkanes) is 1. The summed E-state index contributed by atoms with van der Waals surface area (Å²) in [6.45, 7) is 14.2. The number of rotatable bonds is 9. The van der Waals surface area contributed by atoms with Crippen molar-refractivity contribution in [2.24, 2.45) is 11.8 Å². The van der Waals surface area contributed by atoms with E-state index in [4.69, 9.17) is 4.74 Å². The van der Waals surface area contributed by atoms with Crippen molar-refractivity contribution in [1.82, 2.24) is 15.3 Å². The third-order valence-electron chi connectivity index (χ3n) is 7.31. The van der Waals surface area contributed by atoms with E-state index in [-0.39, 0.29) is 11.3 Å². The number of fused-ring (bicyclic) bond motifs is 1. The molecule has 5 rings (SSSR count). The minimum Gasteiger partial charge on any atom is -0.497 e. The molecule has 0 spiro atoms. The Hall–Kier alpha value is -2.91. The summed E-state index contributed by atoms with van der Waals surface area (Å²) in [5, 5.41) is 8.34. The first kappa shape index (κ1) is 40.1. The van der Waals surface area contributed by atoms with Crippen molar-refractivity contribution in [2.75, 3.05) is 7.11 Å². The number of hydrogen-bond acceptors (Lipinski definition) is 7. The van der Waals surface area contributed by atoms with Gasteiger partial charge in [0.2, 0.25) is 5.91 Å². The summed E-state index contributed by atoms with van der Waals surface area (Å²) in [6, 6.07) is 7.55. The summed E-state index contributed by atoms with van der Waals surface area (Å²) >= 11 is 6.07. The predicted molar refractivity (Wildman–Crippen MR) is 195 cm³/mol. The molecule has 2 aromatic heterocycles. The Kier molecular flexibility index (Phi) is 20.1. The first-order valence-corrected chi connectivity index (χ1v) is 17.9. The Morgan fingerprint density at radius 2 is 1.80 bits per heavy atom. The van der Waals surface area contributed by atoms with Crippen molar-refractivity contribution in [2.45, 2.75) is 118 Å². The molecule has 1 aromatic carbocycles. The van der Waals surface area contributed by atoms with E-state index in [0.717, 1.165) is 59.6 Å². The first-order chi connectivity index (χ1) is 21.7. The number of aldehydes is 1. The maximum atomic E-state index is 12.2. The highest BCUT2D eigenvalue weighted by molar-refractivity contribution is 7.78. The van der Waals surface area contributed by atoms with Crippen molar-refractivity contribution >= 4 is 52.0 Å². The molecule has 0 bridgehead atoms. The van der Waals surface area contributed by atoms with Crippen molar-refractivity contribution in [1.29, 1.82) is 0 Å². The lowest BCUT2D eigenvalue weighted by molar-refractivity contribution is -0.124. The smallest absolute Gasteiger partial charge is 0.223 e. The number of thiazole rings is 1. The molecular weight excluding hydrogens is 603 g/mol. The molecule has 2 aliphatic carbocycles. The zero-order valence-electron chi connectivity index (χ0n) is 28.6. The lowest BCUT2D eigenvalue weighted by atomic mass is 10.1. The maximum absolute atomic E-state index is 12.2. The van der Waals surface area contributed by atoms with Crippen LogP contribution in [0.2, 0.25) is 0 Å². The molecule has 0 aliphatic heterocycles. The topological polar surface area (TPSA) is 101 Å². The second kappa shape index (κ2) is 22.6. The number of carbonyl (C=O) groups excluding carboxylic acids is 2. The normalized spacial score (nSPS) is 14.2. The number of carbonyl (C=O) groups is 2. The van der Waals surface area contributed by atoms with Crippen molar-refractivity contribution in [3.63, 3.8) is 0 Å². The lowest BCUT2D eigenvalue weighted by Crippen LogP contribution is -2.30. The van der Waals surface area contributed by atoms with Crippen LogP contribution in [0.1, 0.15) is 118 Å². The molecule has 0 radical (unpaired) electrons. The van der Waals surface area contributed by atoms with Gasteiger partial charge in [-0.15, -0.1) is 11.3 Å². The number of hydrogen-bond donors (Lipinski definition) is 2. The van der Waals surface area contributed by atoms with Gasteiger partial charge >= 0.3 is 0 Å². The van der Waals surface area contributed by atoms with Crippen molar-refractivity contribution < 1.29 is 14.3 Å². The summed E-state index contributed by atoms with van der Waals surface area (Å²) in [4.78, 5) is 41.2. The van der Waals surface area contributed by atoms with E-state index in [1.54, 1.807) is 42.0 Å². The number of aromatic amines is 1. The van der Waals surface area contributed by atoms with Gasteiger partial charge in [-0.05, 0) is 61.9 Å². The molecule has 1 atom stereocenters. The van der Waals surface area contributed by atoms with Crippen LogP contribution in [-0.2, 0) is 9.59 Å². The van der Waals surface area contributed by atoms with Gasteiger partial charge in [0.05, 0.1) is 24.0 Å². The number of nitrogens with one attached hydrogen (secondary N) is 2. The summed E-state index contributed by atoms with van der Waals surface area (Å²) in [5.41, 5.74) is 2.54. The number of methoxy groups -OCH3 is 1. The highest BCUT2D eigenvalue weighted by Crippen LogP contribution is 2.28. The summed E-state index contributed by atoms with van der Waals surface area (Å²) in [6.07, 6.45) is 11.4. The predicted octanol–water partition coefficient (Wildman–Crippen LogP) is 9.28. The third kappa shape index (κ3) is 14.8. The van der Waals surface area contributed by atoms with Crippen LogP contribution >= 0.6 is 23.6 Å². The van der Waals surface area contributed by atoms with Gasteiger partial charge in [0.1, 0.15) is 17.0 Å². The molecule has 1 amide bonds. The van der Waals surface area contributed by atoms with Crippen LogP contribution in [0.25, 0.3) is 21.6 Å². The molecule has 2 heterocycles. The van der Waals surface area contributed by atoms with Crippen LogP contribution in [0, 0.1) is 11.8 Å². The van der Waals surface area contributed by atoms with Gasteiger partial charge in [0.15, 0.2) is 5.43 Å². The molecule has 2 saturated carbocycles. The van der Waals surface area contributed by atoms with Crippen LogP contribution < -0.4 is 15.5 Å². The maximum Gasteiger partial charge on any atom is 0.223 e. The molecule has 250 valence electrons. The second-order valence-electron chi connectivity index (χ2n) is 11.4. The van der Waals surface area contributed by atoms with Gasteiger partial charge in [0.25, 0.3) is 0 Å². The van der Waals surface area contributed by atoms with Gasteiger partial charge in [-0.25, -0.2) is 4.98 Å². The summed E-state index contributed by atoms with van der Waals surface area (Å²) < 4.78 is 5.21. The molecule has 1 unspecified atom stereocenters. The molecule has 2 aliphatic rings. The van der Waals surface area contributed by atoms with Gasteiger partial charge in [-0.3, -0.25) is 9.59 Å². The molecule has 45 heavy (non-hydrogen) atoms. The summed E-state index contributed by atoms with van der Waals surface area (Å²) in [5.74, 6) is 2.03. The van der Waals surface area contributed by atoms with E-state index in [1.165, 1.54) is 32.1 Å². The number of aromatic nitrogens is 2. The van der Waals surface area contributed by atoms with Crippen molar-refractivity contribution in [3.05, 3.63) is 45.6 Å². The molecule has 3 aromatic rings. The van der Waals surface area contributed by atoms with E-state index < -0.39 is 0 Å². The Morgan fingerprint density at radius 3 is 2.24 bits per heavy atom. The minimum absolute atomic E-state index is 0.0114. The quantitative estimate of drug-likeness (QED) is 0.176. The zero-order valence-corrected chi connectivity index (χ0v) is 30.2. The molecule has 7 nitrogen and oxygen atoms in total. The average Bonchev–Trinajstić information content (AvgIpc) is 3.48. The lowest BCUT2D eigenvalue weighted by Gasteiger charge is -2.08. The van der Waals surface area contributed by atoms with Crippen LogP contribution in [-0.4, -0.2) is 40.7 Å². The van der Waals surface area contributed by atoms with Crippen molar-refractivity contribution in [3.8, 4) is 16.5 Å². The van der Waals surface area contributed by atoms with Crippen LogP contribution in [0.3, 0.4) is 0 Å². The molecule has 9 heteroatoms. The largest absolute Gasteiger partial charge is 0.497 e. The highest BCUT2D eigenvalue weighted by atomic mass is 32.1. The molecule has 2 fully saturated rings. The minimum atomic E-state index is -0.0114. The van der Waals surface area contributed by atoms with Gasteiger partial charge in [-0.1, -0.05) is 79.9 Å². The Balaban J connectivity index is 0.000000352. The standard InChI is InChI=1S/C16H16N2O2S.C9H15NO.C5H10O.C4H8S.C2H6/c1-9(2)14-8-21-16(18-14)13-7-15(19)11-5-4-10(20-3)6-12(11)17-13;11-9(10-8-5-6-8)7-3-1-2-4-7;1-3-5(2)4-6;1-2-3-4-5;1-2/h4-9H,1-3H3,(H,17,19);7-8H,1-6H2,(H,10,11);4-5H,3H2,1-2H3;4H,2-3H2,1H3;1-2H3. The number of amides is 1. The van der Waals surface area contributed by atoms with E-state index in [0.29, 0.717) is 29.2 Å². The first-order valence-electron chi connectivity index (χ1n) is 16.5. The van der Waals surface area contributed by atoms with E-state index in [1.807, 2.05) is 39.1 Å². The second-order valence-corrected chi connectivity index (χ2v) is 12.6. The number of benzene rings is 1. The number of thiocarbonyl (C=S) groups is 1. The van der Waals surface area contributed by atoms with E-state index >= 15 is 0 Å².